The van der Waals surface area contributed by atoms with Gasteiger partial charge < -0.3 is 4.84 Å². The molecule has 0 heterocycles. The summed E-state index contributed by atoms with van der Waals surface area (Å²) in [6.45, 7) is 0. The molecule has 0 aliphatic heterocycles. The molecule has 0 amide bonds. The molecule has 2 aromatic carbocycles. The van der Waals surface area contributed by atoms with Gasteiger partial charge in [0.1, 0.15) is 0 Å². The van der Waals surface area contributed by atoms with Gasteiger partial charge in [-0.2, -0.15) is 0 Å². The van der Waals surface area contributed by atoms with Gasteiger partial charge in [-0.3, -0.25) is 10.1 Å². The topological polar surface area (TPSA) is 81.8 Å². The normalized spacial score (nSPS) is 12.6. The summed E-state index contributed by atoms with van der Waals surface area (Å²) in [5, 5.41) is 14.6. The minimum absolute atomic E-state index is 0.106. The van der Waals surface area contributed by atoms with Crippen molar-refractivity contribution in [3.63, 3.8) is 0 Å². The zero-order valence-electron chi connectivity index (χ0n) is 11.6. The molecule has 0 radical (unpaired) electrons. The van der Waals surface area contributed by atoms with Crippen molar-refractivity contribution in [2.45, 2.75) is 12.8 Å². The second kappa shape index (κ2) is 5.77. The van der Waals surface area contributed by atoms with Crippen LogP contribution in [-0.4, -0.2) is 16.6 Å². The van der Waals surface area contributed by atoms with Gasteiger partial charge >= 0.3 is 5.97 Å². The Labute approximate surface area is 126 Å². The van der Waals surface area contributed by atoms with E-state index < -0.39 is 10.9 Å². The van der Waals surface area contributed by atoms with Crippen LogP contribution in [0.5, 0.6) is 0 Å². The number of rotatable bonds is 3. The number of fused-ring (bicyclic) bond motifs is 1. The average Bonchev–Trinajstić information content (AvgIpc) is 2.95. The van der Waals surface area contributed by atoms with Crippen molar-refractivity contribution in [1.29, 1.82) is 0 Å². The minimum atomic E-state index is -0.702. The molecule has 110 valence electrons. The third-order valence-electron chi connectivity index (χ3n) is 3.46. The summed E-state index contributed by atoms with van der Waals surface area (Å²) < 4.78 is 0. The van der Waals surface area contributed by atoms with Crippen molar-refractivity contribution < 1.29 is 14.6 Å². The van der Waals surface area contributed by atoms with Crippen LogP contribution in [0.3, 0.4) is 0 Å². The Morgan fingerprint density at radius 3 is 2.41 bits per heavy atom. The van der Waals surface area contributed by atoms with Crippen LogP contribution in [-0.2, 0) is 17.7 Å². The van der Waals surface area contributed by atoms with E-state index in [4.69, 9.17) is 4.84 Å². The molecule has 6 heteroatoms. The predicted molar refractivity (Wildman–Crippen MR) is 79.8 cm³/mol. The van der Waals surface area contributed by atoms with E-state index in [-0.39, 0.29) is 11.3 Å². The average molecular weight is 296 g/mol. The Kier molecular flexibility index (Phi) is 3.65. The van der Waals surface area contributed by atoms with E-state index in [2.05, 4.69) is 5.16 Å². The van der Waals surface area contributed by atoms with Gasteiger partial charge in [0.25, 0.3) is 5.69 Å². The number of hydrogen-bond donors (Lipinski definition) is 0. The first-order valence-corrected chi connectivity index (χ1v) is 6.72. The molecule has 22 heavy (non-hydrogen) atoms. The lowest BCUT2D eigenvalue weighted by Crippen LogP contribution is -2.05. The lowest BCUT2D eigenvalue weighted by molar-refractivity contribution is -0.384. The second-order valence-corrected chi connectivity index (χ2v) is 4.97. The zero-order chi connectivity index (χ0) is 15.5. The Hall–Kier alpha value is -3.02. The molecule has 3 rings (SSSR count). The first-order valence-electron chi connectivity index (χ1n) is 6.72. The van der Waals surface area contributed by atoms with Crippen LogP contribution in [0, 0.1) is 10.1 Å². The van der Waals surface area contributed by atoms with E-state index in [1.165, 1.54) is 35.4 Å². The lowest BCUT2D eigenvalue weighted by atomic mass is 10.1. The molecule has 0 aromatic heterocycles. The maximum Gasteiger partial charge on any atom is 0.365 e. The summed E-state index contributed by atoms with van der Waals surface area (Å²) in [7, 11) is 0. The third-order valence-corrected chi connectivity index (χ3v) is 3.46. The van der Waals surface area contributed by atoms with Gasteiger partial charge in [0, 0.05) is 25.0 Å². The van der Waals surface area contributed by atoms with Gasteiger partial charge in [-0.05, 0) is 17.2 Å². The van der Waals surface area contributed by atoms with Gasteiger partial charge in [0.05, 0.1) is 16.2 Å². The number of oxime groups is 1. The predicted octanol–water partition coefficient (Wildman–Crippen LogP) is 2.91. The fourth-order valence-corrected chi connectivity index (χ4v) is 2.37. The number of benzene rings is 2. The highest BCUT2D eigenvalue weighted by atomic mass is 16.7. The molecular weight excluding hydrogens is 284 g/mol. The molecule has 0 unspecified atom stereocenters. The molecule has 1 aliphatic carbocycles. The number of nitro benzene ring substituents is 1. The van der Waals surface area contributed by atoms with Crippen molar-refractivity contribution in [2.24, 2.45) is 5.16 Å². The van der Waals surface area contributed by atoms with Crippen molar-refractivity contribution in [2.75, 3.05) is 0 Å². The molecule has 0 bridgehead atoms. The van der Waals surface area contributed by atoms with Gasteiger partial charge in [-0.15, -0.1) is 0 Å². The van der Waals surface area contributed by atoms with E-state index in [1.807, 2.05) is 24.3 Å². The van der Waals surface area contributed by atoms with Crippen LogP contribution in [0.15, 0.2) is 53.7 Å². The van der Waals surface area contributed by atoms with E-state index in [1.54, 1.807) is 0 Å². The highest BCUT2D eigenvalue weighted by Gasteiger charge is 2.18. The first-order chi connectivity index (χ1) is 10.6. The summed E-state index contributed by atoms with van der Waals surface area (Å²) in [5.41, 5.74) is 3.06. The van der Waals surface area contributed by atoms with Gasteiger partial charge in [0.15, 0.2) is 0 Å². The number of carbonyl (C=O) groups is 1. The fraction of sp³-hybridized carbons (Fsp3) is 0.125. The van der Waals surface area contributed by atoms with Gasteiger partial charge in [-0.1, -0.05) is 35.5 Å². The Morgan fingerprint density at radius 1 is 1.09 bits per heavy atom. The Morgan fingerprint density at radius 2 is 1.77 bits per heavy atom. The Balaban J connectivity index is 1.70. The summed E-state index contributed by atoms with van der Waals surface area (Å²) in [6, 6.07) is 13.3. The zero-order valence-corrected chi connectivity index (χ0v) is 11.6. The number of nitro groups is 1. The monoisotopic (exact) mass is 296 g/mol. The lowest BCUT2D eigenvalue weighted by Gasteiger charge is -1.99. The van der Waals surface area contributed by atoms with Gasteiger partial charge in [-0.25, -0.2) is 4.79 Å². The minimum Gasteiger partial charge on any atom is -0.313 e. The molecule has 6 nitrogen and oxygen atoms in total. The maximum absolute atomic E-state index is 11.9. The van der Waals surface area contributed by atoms with Crippen molar-refractivity contribution in [3.8, 4) is 0 Å². The van der Waals surface area contributed by atoms with Crippen LogP contribution in [0.25, 0.3) is 0 Å². The van der Waals surface area contributed by atoms with Crippen LogP contribution < -0.4 is 0 Å². The molecule has 2 aromatic rings. The van der Waals surface area contributed by atoms with E-state index in [0.717, 1.165) is 5.71 Å². The van der Waals surface area contributed by atoms with E-state index >= 15 is 0 Å². The molecule has 0 N–H and O–H groups in total. The smallest absolute Gasteiger partial charge is 0.313 e. The molecule has 0 atom stereocenters. The highest BCUT2D eigenvalue weighted by Crippen LogP contribution is 2.20. The number of non-ortho nitro benzene ring substituents is 1. The standard InChI is InChI=1S/C16H12N2O4/c19-16(13-6-3-7-15(10-13)18(20)21)22-17-14-8-11-4-1-2-5-12(11)9-14/h1-7,10H,8-9H2. The van der Waals surface area contributed by atoms with Crippen molar-refractivity contribution in [3.05, 3.63) is 75.3 Å². The SMILES string of the molecule is O=C(ON=C1Cc2ccccc2C1)c1cccc([N+](=O)[O-])c1. The van der Waals surface area contributed by atoms with Crippen LogP contribution in [0.4, 0.5) is 5.69 Å². The molecular formula is C16H12N2O4. The molecule has 0 saturated carbocycles. The van der Waals surface area contributed by atoms with Gasteiger partial charge in [0.2, 0.25) is 0 Å². The summed E-state index contributed by atoms with van der Waals surface area (Å²) in [4.78, 5) is 26.9. The van der Waals surface area contributed by atoms with E-state index in [9.17, 15) is 14.9 Å². The molecule has 0 spiro atoms. The molecule has 0 saturated heterocycles. The van der Waals surface area contributed by atoms with Crippen LogP contribution in [0.2, 0.25) is 0 Å². The number of hydrogen-bond acceptors (Lipinski definition) is 5. The van der Waals surface area contributed by atoms with Crippen LogP contribution in [0.1, 0.15) is 21.5 Å². The highest BCUT2D eigenvalue weighted by molar-refractivity contribution is 5.94. The second-order valence-electron chi connectivity index (χ2n) is 4.97. The summed E-state index contributed by atoms with van der Waals surface area (Å²) >= 11 is 0. The molecule has 0 fully saturated rings. The maximum atomic E-state index is 11.9. The van der Waals surface area contributed by atoms with E-state index in [0.29, 0.717) is 12.8 Å². The largest absolute Gasteiger partial charge is 0.365 e. The quantitative estimate of drug-likeness (QED) is 0.495. The van der Waals surface area contributed by atoms with Crippen molar-refractivity contribution in [1.82, 2.24) is 0 Å². The van der Waals surface area contributed by atoms with Crippen molar-refractivity contribution >= 4 is 17.4 Å². The number of carbonyl (C=O) groups excluding carboxylic acids is 1. The first kappa shape index (κ1) is 13.9. The summed E-state index contributed by atoms with van der Waals surface area (Å²) in [5.74, 6) is -0.702. The third kappa shape index (κ3) is 2.85. The Bertz CT molecular complexity index is 756. The molecule has 1 aliphatic rings. The summed E-state index contributed by atoms with van der Waals surface area (Å²) in [6.07, 6.45) is 1.30. The number of nitrogens with zero attached hydrogens (tertiary/aromatic N) is 2. The van der Waals surface area contributed by atoms with Crippen LogP contribution >= 0.6 is 0 Å². The fourth-order valence-electron chi connectivity index (χ4n) is 2.37.